The van der Waals surface area contributed by atoms with Gasteiger partial charge >= 0.3 is 0 Å². The van der Waals surface area contributed by atoms with Gasteiger partial charge in [-0.05, 0) is 59.2 Å². The highest BCUT2D eigenvalue weighted by Gasteiger charge is 2.38. The van der Waals surface area contributed by atoms with E-state index in [0.717, 1.165) is 40.7 Å². The number of rotatable bonds is 6. The van der Waals surface area contributed by atoms with Crippen molar-refractivity contribution in [1.29, 1.82) is 0 Å². The second-order valence-electron chi connectivity index (χ2n) is 9.60. The number of halogens is 1. The van der Waals surface area contributed by atoms with Crippen molar-refractivity contribution in [3.63, 3.8) is 0 Å². The number of aliphatic hydroxyl groups excluding tert-OH is 1. The lowest BCUT2D eigenvalue weighted by molar-refractivity contribution is -0.0795. The topological polar surface area (TPSA) is 45.2 Å². The third kappa shape index (κ3) is 3.75. The number of aromatic nitrogens is 1. The summed E-state index contributed by atoms with van der Waals surface area (Å²) in [6.07, 6.45) is 2.15. The van der Waals surface area contributed by atoms with Crippen LogP contribution >= 0.6 is 0 Å². The van der Waals surface area contributed by atoms with Crippen molar-refractivity contribution in [2.24, 2.45) is 0 Å². The fraction of sp³-hybridized carbons (Fsp3) is 0.333. The Labute approximate surface area is 200 Å². The lowest BCUT2D eigenvalue weighted by atomic mass is 9.86. The lowest BCUT2D eigenvalue weighted by Crippen LogP contribution is -2.36. The quantitative estimate of drug-likeness (QED) is 0.318. The molecule has 2 heterocycles. The Morgan fingerprint density at radius 3 is 2.50 bits per heavy atom. The molecule has 0 fully saturated rings. The zero-order valence-corrected chi connectivity index (χ0v) is 20.1. The van der Waals surface area contributed by atoms with E-state index < -0.39 is 5.60 Å². The number of aromatic amines is 1. The Balaban J connectivity index is 1.72. The van der Waals surface area contributed by atoms with E-state index >= 15 is 4.39 Å². The van der Waals surface area contributed by atoms with Crippen LogP contribution in [0.1, 0.15) is 56.4 Å². The molecule has 0 saturated heterocycles. The standard InChI is InChI=1S/C30H32FNO2/c1-4-30(13-14-33)29-24(12-15-34-30)26-17-22(19(2)3)16-25(28(26)32-29)21-10-11-23(27(31)18-21)20-8-6-5-7-9-20/h5-11,16-19,32-33H,4,12-15H2,1-3H3. The van der Waals surface area contributed by atoms with Gasteiger partial charge < -0.3 is 14.8 Å². The van der Waals surface area contributed by atoms with Crippen LogP contribution in [0.4, 0.5) is 4.39 Å². The first-order valence-electron chi connectivity index (χ1n) is 12.3. The minimum absolute atomic E-state index is 0.0684. The molecule has 5 rings (SSSR count). The molecule has 4 heteroatoms. The van der Waals surface area contributed by atoms with Gasteiger partial charge in [-0.15, -0.1) is 0 Å². The summed E-state index contributed by atoms with van der Waals surface area (Å²) in [7, 11) is 0. The van der Waals surface area contributed by atoms with E-state index in [4.69, 9.17) is 4.74 Å². The van der Waals surface area contributed by atoms with Gasteiger partial charge in [0.15, 0.2) is 0 Å². The van der Waals surface area contributed by atoms with Gasteiger partial charge in [0, 0.05) is 29.5 Å². The molecule has 3 aromatic carbocycles. The highest BCUT2D eigenvalue weighted by Crippen LogP contribution is 2.44. The Kier molecular flexibility index (Phi) is 6.05. The number of fused-ring (bicyclic) bond motifs is 3. The van der Waals surface area contributed by atoms with Gasteiger partial charge in [-0.1, -0.05) is 63.2 Å². The first kappa shape index (κ1) is 22.8. The lowest BCUT2D eigenvalue weighted by Gasteiger charge is -2.36. The van der Waals surface area contributed by atoms with Gasteiger partial charge in [0.25, 0.3) is 0 Å². The average Bonchev–Trinajstić information content (AvgIpc) is 3.24. The summed E-state index contributed by atoms with van der Waals surface area (Å²) < 4.78 is 21.6. The predicted molar refractivity (Wildman–Crippen MR) is 137 cm³/mol. The van der Waals surface area contributed by atoms with Crippen LogP contribution in [-0.4, -0.2) is 23.3 Å². The van der Waals surface area contributed by atoms with Crippen LogP contribution in [0, 0.1) is 5.82 Å². The van der Waals surface area contributed by atoms with E-state index in [1.807, 2.05) is 42.5 Å². The highest BCUT2D eigenvalue weighted by molar-refractivity contribution is 5.98. The zero-order chi connectivity index (χ0) is 23.9. The molecule has 1 atom stereocenters. The van der Waals surface area contributed by atoms with Gasteiger partial charge in [0.2, 0.25) is 0 Å². The highest BCUT2D eigenvalue weighted by atomic mass is 19.1. The Morgan fingerprint density at radius 1 is 1.03 bits per heavy atom. The fourth-order valence-electron chi connectivity index (χ4n) is 5.37. The van der Waals surface area contributed by atoms with Crippen molar-refractivity contribution >= 4 is 10.9 Å². The molecule has 0 amide bonds. The monoisotopic (exact) mass is 457 g/mol. The van der Waals surface area contributed by atoms with E-state index in [2.05, 4.69) is 37.9 Å². The van der Waals surface area contributed by atoms with Crippen LogP contribution in [0.3, 0.4) is 0 Å². The number of H-pyrrole nitrogens is 1. The van der Waals surface area contributed by atoms with E-state index in [0.29, 0.717) is 24.5 Å². The summed E-state index contributed by atoms with van der Waals surface area (Å²) >= 11 is 0. The van der Waals surface area contributed by atoms with E-state index in [-0.39, 0.29) is 12.4 Å². The molecule has 0 aliphatic carbocycles. The van der Waals surface area contributed by atoms with E-state index in [1.54, 1.807) is 6.07 Å². The third-order valence-electron chi connectivity index (χ3n) is 7.34. The van der Waals surface area contributed by atoms with Crippen LogP contribution in [0.25, 0.3) is 33.2 Å². The molecular weight excluding hydrogens is 425 g/mol. The normalized spacial score (nSPS) is 17.9. The second-order valence-corrected chi connectivity index (χ2v) is 9.60. The van der Waals surface area contributed by atoms with Gasteiger partial charge in [-0.25, -0.2) is 4.39 Å². The largest absolute Gasteiger partial charge is 0.396 e. The van der Waals surface area contributed by atoms with E-state index in [9.17, 15) is 5.11 Å². The smallest absolute Gasteiger partial charge is 0.131 e. The maximum atomic E-state index is 15.3. The molecule has 34 heavy (non-hydrogen) atoms. The van der Waals surface area contributed by atoms with Crippen molar-refractivity contribution < 1.29 is 14.2 Å². The van der Waals surface area contributed by atoms with Gasteiger partial charge in [0.1, 0.15) is 11.4 Å². The SMILES string of the molecule is CCC1(CCO)OCCc2c1[nH]c1c(-c3ccc(-c4ccccc4)c(F)c3)cc(C(C)C)cc21. The molecule has 0 saturated carbocycles. The number of benzene rings is 3. The third-order valence-corrected chi connectivity index (χ3v) is 7.34. The van der Waals surface area contributed by atoms with Crippen LogP contribution in [0.15, 0.2) is 60.7 Å². The summed E-state index contributed by atoms with van der Waals surface area (Å²) in [5, 5.41) is 11.0. The number of hydrogen-bond acceptors (Lipinski definition) is 2. The van der Waals surface area contributed by atoms with Crippen molar-refractivity contribution in [3.05, 3.63) is 83.3 Å². The summed E-state index contributed by atoms with van der Waals surface area (Å²) in [4.78, 5) is 3.68. The van der Waals surface area contributed by atoms with Gasteiger partial charge in [-0.3, -0.25) is 0 Å². The van der Waals surface area contributed by atoms with Crippen LogP contribution in [0.5, 0.6) is 0 Å². The zero-order valence-electron chi connectivity index (χ0n) is 20.1. The molecule has 4 aromatic rings. The summed E-state index contributed by atoms with van der Waals surface area (Å²) in [6.45, 7) is 7.19. The van der Waals surface area contributed by atoms with Crippen molar-refractivity contribution in [2.75, 3.05) is 13.2 Å². The number of hydrogen-bond donors (Lipinski definition) is 2. The summed E-state index contributed by atoms with van der Waals surface area (Å²) in [6, 6.07) is 19.7. The maximum absolute atomic E-state index is 15.3. The fourth-order valence-corrected chi connectivity index (χ4v) is 5.37. The summed E-state index contributed by atoms with van der Waals surface area (Å²) in [5.74, 6) is 0.116. The molecule has 2 N–H and O–H groups in total. The van der Waals surface area contributed by atoms with Gasteiger partial charge in [-0.2, -0.15) is 0 Å². The van der Waals surface area contributed by atoms with Crippen molar-refractivity contribution in [2.45, 2.75) is 51.6 Å². The molecule has 3 nitrogen and oxygen atoms in total. The molecule has 0 bridgehead atoms. The molecule has 1 aliphatic rings. The number of ether oxygens (including phenoxy) is 1. The average molecular weight is 458 g/mol. The number of nitrogens with one attached hydrogen (secondary N) is 1. The van der Waals surface area contributed by atoms with Crippen molar-refractivity contribution in [1.82, 2.24) is 4.98 Å². The predicted octanol–water partition coefficient (Wildman–Crippen LogP) is 7.32. The Bertz CT molecular complexity index is 1320. The molecule has 1 aliphatic heterocycles. The van der Waals surface area contributed by atoms with E-state index in [1.165, 1.54) is 16.5 Å². The molecular formula is C30H32FNO2. The minimum atomic E-state index is -0.515. The first-order chi connectivity index (χ1) is 16.5. The maximum Gasteiger partial charge on any atom is 0.131 e. The molecule has 1 unspecified atom stereocenters. The van der Waals surface area contributed by atoms with Gasteiger partial charge in [0.05, 0.1) is 17.8 Å². The first-order valence-corrected chi connectivity index (χ1v) is 12.3. The Hall–Kier alpha value is -2.95. The van der Waals surface area contributed by atoms with Crippen LogP contribution in [-0.2, 0) is 16.8 Å². The molecule has 1 aromatic heterocycles. The van der Waals surface area contributed by atoms with Crippen LogP contribution < -0.4 is 0 Å². The second kappa shape index (κ2) is 9.01. The van der Waals surface area contributed by atoms with Crippen molar-refractivity contribution in [3.8, 4) is 22.3 Å². The number of aliphatic hydroxyl groups is 1. The Morgan fingerprint density at radius 2 is 1.82 bits per heavy atom. The van der Waals surface area contributed by atoms with Crippen LogP contribution in [0.2, 0.25) is 0 Å². The minimum Gasteiger partial charge on any atom is -0.396 e. The molecule has 176 valence electrons. The molecule has 0 spiro atoms. The molecule has 0 radical (unpaired) electrons. The summed E-state index contributed by atoms with van der Waals surface area (Å²) in [5.41, 5.74) is 7.39.